The van der Waals surface area contributed by atoms with Crippen LogP contribution in [0.3, 0.4) is 0 Å². The molecule has 6 heteroatoms. The van der Waals surface area contributed by atoms with Crippen molar-refractivity contribution in [3.63, 3.8) is 0 Å². The zero-order valence-corrected chi connectivity index (χ0v) is 13.9. The fraction of sp³-hybridized carbons (Fsp3) is 0.500. The highest BCUT2D eigenvalue weighted by atomic mass is 35.5. The molecule has 1 aromatic rings. The third kappa shape index (κ3) is 5.93. The summed E-state index contributed by atoms with van der Waals surface area (Å²) in [6.45, 7) is 4.33. The van der Waals surface area contributed by atoms with Crippen LogP contribution in [0.2, 0.25) is 5.02 Å². The van der Waals surface area contributed by atoms with E-state index in [0.717, 1.165) is 12.0 Å². The number of urea groups is 1. The largest absolute Gasteiger partial charge is 0.467 e. The molecule has 1 aromatic carbocycles. The van der Waals surface area contributed by atoms with Crippen molar-refractivity contribution in [2.75, 3.05) is 13.7 Å². The number of nitrogens with one attached hydrogen (secondary N) is 2. The summed E-state index contributed by atoms with van der Waals surface area (Å²) in [5.41, 5.74) is 1.08. The van der Waals surface area contributed by atoms with Crippen LogP contribution in [0, 0.1) is 5.92 Å². The monoisotopic (exact) mass is 326 g/mol. The molecule has 0 heterocycles. The Morgan fingerprint density at radius 1 is 1.27 bits per heavy atom. The minimum absolute atomic E-state index is 0.00876. The van der Waals surface area contributed by atoms with Crippen molar-refractivity contribution in [2.45, 2.75) is 32.7 Å². The number of rotatable bonds is 7. The average Bonchev–Trinajstić information content (AvgIpc) is 2.53. The van der Waals surface area contributed by atoms with Crippen molar-refractivity contribution in [1.29, 1.82) is 0 Å². The Bertz CT molecular complexity index is 491. The van der Waals surface area contributed by atoms with Gasteiger partial charge in [0.05, 0.1) is 7.11 Å². The van der Waals surface area contributed by atoms with Crippen LogP contribution < -0.4 is 10.6 Å². The number of methoxy groups -OCH3 is 1. The maximum atomic E-state index is 11.9. The highest BCUT2D eigenvalue weighted by Crippen LogP contribution is 2.10. The van der Waals surface area contributed by atoms with Gasteiger partial charge in [-0.1, -0.05) is 44.0 Å². The first-order valence-corrected chi connectivity index (χ1v) is 7.72. The lowest BCUT2D eigenvalue weighted by molar-refractivity contribution is -0.144. The standard InChI is InChI=1S/C16H23ClN2O3/c1-4-11(2)14(15(20)22-3)19-16(21)18-10-9-12-5-7-13(17)8-6-12/h5-8,11,14H,4,9-10H2,1-3H3,(H2,18,19,21). The highest BCUT2D eigenvalue weighted by Gasteiger charge is 2.26. The quantitative estimate of drug-likeness (QED) is 0.757. The van der Waals surface area contributed by atoms with Crippen molar-refractivity contribution in [2.24, 2.45) is 5.92 Å². The van der Waals surface area contributed by atoms with Gasteiger partial charge in [0.25, 0.3) is 0 Å². The van der Waals surface area contributed by atoms with Crippen LogP contribution in [-0.2, 0) is 16.0 Å². The minimum Gasteiger partial charge on any atom is -0.467 e. The first-order chi connectivity index (χ1) is 10.5. The van der Waals surface area contributed by atoms with Crippen LogP contribution in [0.25, 0.3) is 0 Å². The van der Waals surface area contributed by atoms with E-state index in [0.29, 0.717) is 18.0 Å². The highest BCUT2D eigenvalue weighted by molar-refractivity contribution is 6.30. The molecule has 5 nitrogen and oxygen atoms in total. The van der Waals surface area contributed by atoms with Gasteiger partial charge in [0.15, 0.2) is 0 Å². The summed E-state index contributed by atoms with van der Waals surface area (Å²) < 4.78 is 4.73. The molecular formula is C16H23ClN2O3. The van der Waals surface area contributed by atoms with E-state index in [9.17, 15) is 9.59 Å². The van der Waals surface area contributed by atoms with Crippen molar-refractivity contribution in [1.82, 2.24) is 10.6 Å². The number of esters is 1. The van der Waals surface area contributed by atoms with Crippen LogP contribution in [0.5, 0.6) is 0 Å². The maximum Gasteiger partial charge on any atom is 0.328 e. The molecule has 0 aliphatic heterocycles. The molecule has 1 rings (SSSR count). The number of ether oxygens (including phenoxy) is 1. The lowest BCUT2D eigenvalue weighted by atomic mass is 9.99. The van der Waals surface area contributed by atoms with Gasteiger partial charge >= 0.3 is 12.0 Å². The second-order valence-electron chi connectivity index (χ2n) is 5.16. The van der Waals surface area contributed by atoms with Gasteiger partial charge in [-0.3, -0.25) is 0 Å². The molecule has 2 N–H and O–H groups in total. The molecule has 0 spiro atoms. The van der Waals surface area contributed by atoms with E-state index in [-0.39, 0.29) is 11.9 Å². The first kappa shape index (κ1) is 18.3. The Morgan fingerprint density at radius 3 is 2.45 bits per heavy atom. The molecule has 0 aliphatic rings. The van der Waals surface area contributed by atoms with Crippen molar-refractivity contribution >= 4 is 23.6 Å². The number of hydrogen-bond acceptors (Lipinski definition) is 3. The van der Waals surface area contributed by atoms with Gasteiger partial charge in [-0.2, -0.15) is 0 Å². The average molecular weight is 327 g/mol. The van der Waals surface area contributed by atoms with E-state index < -0.39 is 12.0 Å². The second-order valence-corrected chi connectivity index (χ2v) is 5.60. The number of benzene rings is 1. The molecule has 2 atom stereocenters. The van der Waals surface area contributed by atoms with Crippen LogP contribution in [0.4, 0.5) is 4.79 Å². The first-order valence-electron chi connectivity index (χ1n) is 7.34. The molecule has 0 saturated carbocycles. The second kappa shape index (κ2) is 9.30. The summed E-state index contributed by atoms with van der Waals surface area (Å²) in [5.74, 6) is -0.420. The van der Waals surface area contributed by atoms with E-state index in [2.05, 4.69) is 10.6 Å². The van der Waals surface area contributed by atoms with Crippen molar-refractivity contribution in [3.8, 4) is 0 Å². The zero-order valence-electron chi connectivity index (χ0n) is 13.2. The third-order valence-electron chi connectivity index (χ3n) is 3.57. The molecule has 2 unspecified atom stereocenters. The molecule has 22 heavy (non-hydrogen) atoms. The summed E-state index contributed by atoms with van der Waals surface area (Å²) in [6.07, 6.45) is 1.46. The summed E-state index contributed by atoms with van der Waals surface area (Å²) >= 11 is 5.82. The summed E-state index contributed by atoms with van der Waals surface area (Å²) in [7, 11) is 1.32. The third-order valence-corrected chi connectivity index (χ3v) is 3.82. The smallest absolute Gasteiger partial charge is 0.328 e. The molecule has 0 saturated heterocycles. The van der Waals surface area contributed by atoms with E-state index >= 15 is 0 Å². The Balaban J connectivity index is 2.43. The molecule has 0 aromatic heterocycles. The van der Waals surface area contributed by atoms with Crippen LogP contribution >= 0.6 is 11.6 Å². The topological polar surface area (TPSA) is 67.4 Å². The molecule has 122 valence electrons. The normalized spacial score (nSPS) is 13.1. The maximum absolute atomic E-state index is 11.9. The number of carbonyl (C=O) groups excluding carboxylic acids is 2. The van der Waals surface area contributed by atoms with Crippen molar-refractivity contribution < 1.29 is 14.3 Å². The molecule has 0 fully saturated rings. The molecule has 0 aliphatic carbocycles. The molecule has 0 bridgehead atoms. The zero-order chi connectivity index (χ0) is 16.5. The van der Waals surface area contributed by atoms with Crippen molar-refractivity contribution in [3.05, 3.63) is 34.9 Å². The van der Waals surface area contributed by atoms with E-state index in [1.807, 2.05) is 38.1 Å². The van der Waals surface area contributed by atoms with Crippen LogP contribution in [-0.4, -0.2) is 31.7 Å². The predicted octanol–water partition coefficient (Wildman–Crippen LogP) is 2.77. The fourth-order valence-corrected chi connectivity index (χ4v) is 2.09. The predicted molar refractivity (Wildman–Crippen MR) is 86.9 cm³/mol. The minimum atomic E-state index is -0.634. The van der Waals surface area contributed by atoms with Gasteiger partial charge in [-0.15, -0.1) is 0 Å². The van der Waals surface area contributed by atoms with Crippen LogP contribution in [0.1, 0.15) is 25.8 Å². The molecule has 2 amide bonds. The Kier molecular flexibility index (Phi) is 7.74. The number of carbonyl (C=O) groups is 2. The summed E-state index contributed by atoms with van der Waals surface area (Å²) in [6, 6.07) is 6.45. The van der Waals surface area contributed by atoms with E-state index in [4.69, 9.17) is 16.3 Å². The Morgan fingerprint density at radius 2 is 1.91 bits per heavy atom. The Hall–Kier alpha value is -1.75. The van der Waals surface area contributed by atoms with Crippen LogP contribution in [0.15, 0.2) is 24.3 Å². The number of halogens is 1. The van der Waals surface area contributed by atoms with E-state index in [1.165, 1.54) is 7.11 Å². The van der Waals surface area contributed by atoms with Gasteiger partial charge in [0.1, 0.15) is 6.04 Å². The van der Waals surface area contributed by atoms with Gasteiger partial charge in [0, 0.05) is 11.6 Å². The van der Waals surface area contributed by atoms with E-state index in [1.54, 1.807) is 0 Å². The number of amides is 2. The Labute approximate surface area is 136 Å². The summed E-state index contributed by atoms with van der Waals surface area (Å²) in [4.78, 5) is 23.6. The number of hydrogen-bond donors (Lipinski definition) is 2. The lowest BCUT2D eigenvalue weighted by Gasteiger charge is -2.22. The lowest BCUT2D eigenvalue weighted by Crippen LogP contribution is -2.49. The SMILES string of the molecule is CCC(C)C(NC(=O)NCCc1ccc(Cl)cc1)C(=O)OC. The fourth-order valence-electron chi connectivity index (χ4n) is 1.96. The van der Waals surface area contributed by atoms with Gasteiger partial charge in [0.2, 0.25) is 0 Å². The molecular weight excluding hydrogens is 304 g/mol. The molecule has 0 radical (unpaired) electrons. The summed E-state index contributed by atoms with van der Waals surface area (Å²) in [5, 5.41) is 6.10. The van der Waals surface area contributed by atoms with Gasteiger partial charge < -0.3 is 15.4 Å². The van der Waals surface area contributed by atoms with Gasteiger partial charge in [-0.25, -0.2) is 9.59 Å². The van der Waals surface area contributed by atoms with Gasteiger partial charge in [-0.05, 0) is 30.0 Å².